The van der Waals surface area contributed by atoms with E-state index in [9.17, 15) is 13.2 Å². The van der Waals surface area contributed by atoms with Crippen LogP contribution in [0.4, 0.5) is 24.5 Å². The van der Waals surface area contributed by atoms with Crippen LogP contribution in [-0.4, -0.2) is 31.3 Å². The number of morpholine rings is 1. The number of nitrogens with zero attached hydrogens (tertiary/aromatic N) is 2. The summed E-state index contributed by atoms with van der Waals surface area (Å²) in [4.78, 5) is 6.70. The third-order valence-electron chi connectivity index (χ3n) is 5.62. The van der Waals surface area contributed by atoms with E-state index in [1.54, 1.807) is 12.3 Å². The minimum absolute atomic E-state index is 0.248. The van der Waals surface area contributed by atoms with E-state index in [1.165, 1.54) is 13.0 Å². The molecule has 4 rings (SSSR count). The van der Waals surface area contributed by atoms with Gasteiger partial charge in [0.25, 0.3) is 0 Å². The molecular weight excluding hydrogens is 391 g/mol. The monoisotopic (exact) mass is 415 g/mol. The van der Waals surface area contributed by atoms with Crippen LogP contribution in [-0.2, 0) is 10.9 Å². The number of fused-ring (bicyclic) bond motifs is 1. The maximum atomic E-state index is 13.3. The highest BCUT2D eigenvalue weighted by Gasteiger charge is 2.33. The molecule has 1 N–H and O–H groups in total. The smallest absolute Gasteiger partial charge is 0.378 e. The van der Waals surface area contributed by atoms with Gasteiger partial charge in [0.1, 0.15) is 0 Å². The first-order valence-corrected chi connectivity index (χ1v) is 9.99. The molecule has 158 valence electrons. The van der Waals surface area contributed by atoms with Crippen LogP contribution >= 0.6 is 0 Å². The minimum Gasteiger partial charge on any atom is -0.378 e. The Bertz CT molecular complexity index is 1050. The predicted molar refractivity (Wildman–Crippen MR) is 113 cm³/mol. The first kappa shape index (κ1) is 20.5. The van der Waals surface area contributed by atoms with Crippen molar-refractivity contribution < 1.29 is 17.9 Å². The third kappa shape index (κ3) is 4.07. The van der Waals surface area contributed by atoms with Gasteiger partial charge in [-0.1, -0.05) is 12.1 Å². The van der Waals surface area contributed by atoms with Gasteiger partial charge < -0.3 is 15.0 Å². The van der Waals surface area contributed by atoms with E-state index in [0.717, 1.165) is 41.4 Å². The van der Waals surface area contributed by atoms with Crippen LogP contribution in [0.3, 0.4) is 0 Å². The Hall–Kier alpha value is -2.80. The average Bonchev–Trinajstić information content (AvgIpc) is 2.73. The number of benzene rings is 2. The standard InChI is InChI=1S/C23H24F3N3O/c1-15-18(4-3-5-20(15)23(24,25)26)16(2)28-22-8-9-27-21-7-6-17(14-19(21)22)29-10-12-30-13-11-29/h3-9,14,16H,10-13H2,1-2H3,(H,27,28)/t16-/m1/s1. The van der Waals surface area contributed by atoms with Gasteiger partial charge in [0.15, 0.2) is 0 Å². The molecule has 0 amide bonds. The van der Waals surface area contributed by atoms with E-state index < -0.39 is 11.7 Å². The van der Waals surface area contributed by atoms with Crippen LogP contribution < -0.4 is 10.2 Å². The Balaban J connectivity index is 1.67. The van der Waals surface area contributed by atoms with Crippen LogP contribution in [0, 0.1) is 6.92 Å². The Kier molecular flexibility index (Phi) is 5.56. The highest BCUT2D eigenvalue weighted by Crippen LogP contribution is 2.36. The van der Waals surface area contributed by atoms with E-state index in [0.29, 0.717) is 18.8 Å². The zero-order valence-corrected chi connectivity index (χ0v) is 17.0. The molecule has 0 spiro atoms. The second-order valence-corrected chi connectivity index (χ2v) is 7.54. The number of halogens is 3. The van der Waals surface area contributed by atoms with Crippen molar-refractivity contribution in [2.75, 3.05) is 36.5 Å². The highest BCUT2D eigenvalue weighted by atomic mass is 19.4. The van der Waals surface area contributed by atoms with Crippen molar-refractivity contribution in [1.29, 1.82) is 0 Å². The van der Waals surface area contributed by atoms with Crippen LogP contribution in [0.1, 0.15) is 29.7 Å². The van der Waals surface area contributed by atoms with E-state index in [-0.39, 0.29) is 11.6 Å². The fourth-order valence-corrected chi connectivity index (χ4v) is 4.02. The number of alkyl halides is 3. The lowest BCUT2D eigenvalue weighted by molar-refractivity contribution is -0.138. The van der Waals surface area contributed by atoms with Crippen LogP contribution in [0.15, 0.2) is 48.7 Å². The molecule has 1 fully saturated rings. The molecule has 1 saturated heterocycles. The molecule has 0 radical (unpaired) electrons. The molecule has 3 aromatic rings. The largest absolute Gasteiger partial charge is 0.416 e. The molecular formula is C23H24F3N3O. The third-order valence-corrected chi connectivity index (χ3v) is 5.62. The number of ether oxygens (including phenoxy) is 1. The van der Waals surface area contributed by atoms with Gasteiger partial charge in [-0.25, -0.2) is 0 Å². The molecule has 0 aliphatic carbocycles. The van der Waals surface area contributed by atoms with Gasteiger partial charge in [0.05, 0.1) is 24.3 Å². The lowest BCUT2D eigenvalue weighted by Crippen LogP contribution is -2.36. The SMILES string of the molecule is Cc1c([C@@H](C)Nc2ccnc3ccc(N4CCOCC4)cc23)cccc1C(F)(F)F. The Labute approximate surface area is 173 Å². The van der Waals surface area contributed by atoms with E-state index in [1.807, 2.05) is 25.1 Å². The summed E-state index contributed by atoms with van der Waals surface area (Å²) in [5.74, 6) is 0. The Morgan fingerprint density at radius 1 is 1.10 bits per heavy atom. The summed E-state index contributed by atoms with van der Waals surface area (Å²) in [6.07, 6.45) is -2.65. The Morgan fingerprint density at radius 3 is 2.60 bits per heavy atom. The maximum absolute atomic E-state index is 13.3. The number of rotatable bonds is 4. The number of hydrogen-bond donors (Lipinski definition) is 1. The van der Waals surface area contributed by atoms with Crippen LogP contribution in [0.2, 0.25) is 0 Å². The molecule has 4 nitrogen and oxygen atoms in total. The van der Waals surface area contributed by atoms with Gasteiger partial charge >= 0.3 is 6.18 Å². The molecule has 30 heavy (non-hydrogen) atoms. The molecule has 0 unspecified atom stereocenters. The van der Waals surface area contributed by atoms with Crippen molar-refractivity contribution in [1.82, 2.24) is 4.98 Å². The molecule has 1 atom stereocenters. The number of anilines is 2. The Morgan fingerprint density at radius 2 is 1.87 bits per heavy atom. The quantitative estimate of drug-likeness (QED) is 0.604. The summed E-state index contributed by atoms with van der Waals surface area (Å²) >= 11 is 0. The van der Waals surface area contributed by atoms with Crippen molar-refractivity contribution in [2.24, 2.45) is 0 Å². The zero-order chi connectivity index (χ0) is 21.3. The fourth-order valence-electron chi connectivity index (χ4n) is 4.02. The van der Waals surface area contributed by atoms with E-state index >= 15 is 0 Å². The second kappa shape index (κ2) is 8.14. The average molecular weight is 415 g/mol. The molecule has 7 heteroatoms. The number of pyridine rings is 1. The lowest BCUT2D eigenvalue weighted by atomic mass is 9.97. The van der Waals surface area contributed by atoms with Crippen molar-refractivity contribution in [3.63, 3.8) is 0 Å². The summed E-state index contributed by atoms with van der Waals surface area (Å²) in [7, 11) is 0. The maximum Gasteiger partial charge on any atom is 0.416 e. The summed E-state index contributed by atoms with van der Waals surface area (Å²) in [5.41, 5.74) is 3.05. The van der Waals surface area contributed by atoms with E-state index in [4.69, 9.17) is 4.74 Å². The topological polar surface area (TPSA) is 37.4 Å². The molecule has 0 saturated carbocycles. The molecule has 1 aliphatic heterocycles. The predicted octanol–water partition coefficient (Wildman–Crippen LogP) is 5.57. The van der Waals surface area contributed by atoms with Gasteiger partial charge in [-0.15, -0.1) is 0 Å². The first-order chi connectivity index (χ1) is 14.3. The van der Waals surface area contributed by atoms with Gasteiger partial charge in [-0.2, -0.15) is 13.2 Å². The van der Waals surface area contributed by atoms with Gasteiger partial charge in [0.2, 0.25) is 0 Å². The normalized spacial score (nSPS) is 16.0. The summed E-state index contributed by atoms with van der Waals surface area (Å²) in [6, 6.07) is 12.0. The van der Waals surface area contributed by atoms with Crippen molar-refractivity contribution in [2.45, 2.75) is 26.1 Å². The molecule has 1 aliphatic rings. The first-order valence-electron chi connectivity index (χ1n) is 9.99. The summed E-state index contributed by atoms with van der Waals surface area (Å²) < 4.78 is 45.4. The number of hydrogen-bond acceptors (Lipinski definition) is 4. The fraction of sp³-hybridized carbons (Fsp3) is 0.348. The van der Waals surface area contributed by atoms with Crippen LogP contribution in [0.5, 0.6) is 0 Å². The van der Waals surface area contributed by atoms with Gasteiger partial charge in [-0.05, 0) is 55.3 Å². The number of aromatic nitrogens is 1. The van der Waals surface area contributed by atoms with Crippen LogP contribution in [0.25, 0.3) is 10.9 Å². The lowest BCUT2D eigenvalue weighted by Gasteiger charge is -2.29. The van der Waals surface area contributed by atoms with Crippen molar-refractivity contribution >= 4 is 22.3 Å². The molecule has 2 heterocycles. The van der Waals surface area contributed by atoms with Crippen molar-refractivity contribution in [3.8, 4) is 0 Å². The van der Waals surface area contributed by atoms with Gasteiger partial charge in [0, 0.05) is 42.1 Å². The summed E-state index contributed by atoms with van der Waals surface area (Å²) in [5, 5.41) is 4.34. The molecule has 2 aromatic carbocycles. The van der Waals surface area contributed by atoms with E-state index in [2.05, 4.69) is 21.3 Å². The van der Waals surface area contributed by atoms with Crippen molar-refractivity contribution in [3.05, 3.63) is 65.4 Å². The summed E-state index contributed by atoms with van der Waals surface area (Å²) in [6.45, 7) is 6.45. The van der Waals surface area contributed by atoms with Gasteiger partial charge in [-0.3, -0.25) is 4.98 Å². The highest BCUT2D eigenvalue weighted by molar-refractivity contribution is 5.93. The molecule has 1 aromatic heterocycles. The zero-order valence-electron chi connectivity index (χ0n) is 17.0. The second-order valence-electron chi connectivity index (χ2n) is 7.54. The minimum atomic E-state index is -4.36. The number of nitrogens with one attached hydrogen (secondary N) is 1. The molecule has 0 bridgehead atoms.